The molecule has 3 rings (SSSR count). The summed E-state index contributed by atoms with van der Waals surface area (Å²) in [4.78, 5) is 12.4. The minimum atomic E-state index is -3.55. The predicted molar refractivity (Wildman–Crippen MR) is 101 cm³/mol. The third-order valence-electron chi connectivity index (χ3n) is 4.22. The molecule has 2 aromatic carbocycles. The number of nitrogens with zero attached hydrogens (tertiary/aromatic N) is 2. The Hall–Kier alpha value is -2.51. The summed E-state index contributed by atoms with van der Waals surface area (Å²) in [6, 6.07) is 13.8. The maximum atomic E-state index is 12.6. The number of nitrogens with one attached hydrogen (secondary N) is 1. The van der Waals surface area contributed by atoms with Gasteiger partial charge in [-0.1, -0.05) is 35.9 Å². The molecule has 0 spiro atoms. The number of carbonyl (C=O) groups excluding carboxylic acids is 1. The molecule has 0 atom stereocenters. The van der Waals surface area contributed by atoms with Crippen molar-refractivity contribution in [2.45, 2.75) is 24.7 Å². The molecule has 1 aliphatic rings. The highest BCUT2D eigenvalue weighted by atomic mass is 32.2. The minimum absolute atomic E-state index is 0.134. The van der Waals surface area contributed by atoms with Crippen LogP contribution in [0.2, 0.25) is 0 Å². The highest BCUT2D eigenvalue weighted by Gasteiger charge is 2.27. The first kappa shape index (κ1) is 18.3. The third-order valence-corrected chi connectivity index (χ3v) is 6.12. The third kappa shape index (κ3) is 4.17. The molecular formula is C19H21N3O3S. The molecule has 1 fully saturated rings. The molecule has 1 saturated heterocycles. The summed E-state index contributed by atoms with van der Waals surface area (Å²) >= 11 is 0. The first-order valence-electron chi connectivity index (χ1n) is 8.47. The van der Waals surface area contributed by atoms with Crippen molar-refractivity contribution in [2.75, 3.05) is 13.1 Å². The fraction of sp³-hybridized carbons (Fsp3) is 0.263. The molecule has 0 unspecified atom stereocenters. The van der Waals surface area contributed by atoms with Crippen molar-refractivity contribution in [3.05, 3.63) is 65.2 Å². The second-order valence-electron chi connectivity index (χ2n) is 6.25. The number of sulfonamides is 1. The Morgan fingerprint density at radius 2 is 1.85 bits per heavy atom. The van der Waals surface area contributed by atoms with Gasteiger partial charge >= 0.3 is 0 Å². The van der Waals surface area contributed by atoms with E-state index in [1.165, 1.54) is 16.4 Å². The summed E-state index contributed by atoms with van der Waals surface area (Å²) in [7, 11) is -3.55. The molecular weight excluding hydrogens is 350 g/mol. The van der Waals surface area contributed by atoms with Crippen LogP contribution in [0.4, 0.5) is 0 Å². The van der Waals surface area contributed by atoms with E-state index in [-0.39, 0.29) is 10.5 Å². The Morgan fingerprint density at radius 1 is 1.12 bits per heavy atom. The quantitative estimate of drug-likeness (QED) is 0.648. The maximum Gasteiger partial charge on any atom is 0.271 e. The van der Waals surface area contributed by atoms with Gasteiger partial charge in [-0.15, -0.1) is 0 Å². The van der Waals surface area contributed by atoms with Gasteiger partial charge in [0.1, 0.15) is 0 Å². The van der Waals surface area contributed by atoms with Gasteiger partial charge in [0.05, 0.1) is 11.1 Å². The fourth-order valence-corrected chi connectivity index (χ4v) is 4.42. The Bertz CT molecular complexity index is 933. The molecule has 0 bridgehead atoms. The van der Waals surface area contributed by atoms with Gasteiger partial charge in [-0.25, -0.2) is 13.8 Å². The summed E-state index contributed by atoms with van der Waals surface area (Å²) in [6.07, 6.45) is 3.29. The number of amides is 1. The first-order chi connectivity index (χ1) is 12.5. The van der Waals surface area contributed by atoms with E-state index < -0.39 is 15.9 Å². The summed E-state index contributed by atoms with van der Waals surface area (Å²) in [5.74, 6) is -0.452. The average molecular weight is 371 g/mol. The maximum absolute atomic E-state index is 12.6. The Kier molecular flexibility index (Phi) is 5.49. The Balaban J connectivity index is 1.72. The van der Waals surface area contributed by atoms with Crippen LogP contribution in [0, 0.1) is 6.92 Å². The summed E-state index contributed by atoms with van der Waals surface area (Å²) < 4.78 is 26.7. The highest BCUT2D eigenvalue weighted by molar-refractivity contribution is 7.89. The molecule has 1 amide bonds. The molecule has 2 aromatic rings. The van der Waals surface area contributed by atoms with Crippen molar-refractivity contribution in [3.63, 3.8) is 0 Å². The molecule has 1 aliphatic heterocycles. The standard InChI is InChI=1S/C19H21N3O3S/c1-15-6-4-7-16(12-15)14-20-21-19(23)17-8-5-9-18(13-17)26(24,25)22-10-2-3-11-22/h4-9,12-14H,2-3,10-11H2,1H3,(H,21,23)/b20-14+. The van der Waals surface area contributed by atoms with Crippen LogP contribution >= 0.6 is 0 Å². The van der Waals surface area contributed by atoms with E-state index in [0.717, 1.165) is 24.0 Å². The van der Waals surface area contributed by atoms with Gasteiger partial charge < -0.3 is 0 Å². The minimum Gasteiger partial charge on any atom is -0.267 e. The van der Waals surface area contributed by atoms with E-state index in [1.807, 2.05) is 31.2 Å². The molecule has 0 aliphatic carbocycles. The zero-order valence-corrected chi connectivity index (χ0v) is 15.4. The predicted octanol–water partition coefficient (Wildman–Crippen LogP) is 2.54. The lowest BCUT2D eigenvalue weighted by Gasteiger charge is -2.15. The summed E-state index contributed by atoms with van der Waals surface area (Å²) in [6.45, 7) is 3.03. The lowest BCUT2D eigenvalue weighted by atomic mass is 10.2. The van der Waals surface area contributed by atoms with E-state index >= 15 is 0 Å². The molecule has 0 saturated carbocycles. The molecule has 26 heavy (non-hydrogen) atoms. The lowest BCUT2D eigenvalue weighted by Crippen LogP contribution is -2.28. The summed E-state index contributed by atoms with van der Waals surface area (Å²) in [5.41, 5.74) is 4.66. The van der Waals surface area contributed by atoms with Gasteiger partial charge in [0.15, 0.2) is 0 Å². The molecule has 1 heterocycles. The largest absolute Gasteiger partial charge is 0.271 e. The van der Waals surface area contributed by atoms with Crippen LogP contribution in [0.1, 0.15) is 34.3 Å². The SMILES string of the molecule is Cc1cccc(/C=N/NC(=O)c2cccc(S(=O)(=O)N3CCCC3)c2)c1. The Morgan fingerprint density at radius 3 is 2.58 bits per heavy atom. The van der Waals surface area contributed by atoms with Crippen LogP contribution in [0.25, 0.3) is 0 Å². The van der Waals surface area contributed by atoms with E-state index in [4.69, 9.17) is 0 Å². The average Bonchev–Trinajstić information content (AvgIpc) is 3.17. The molecule has 7 heteroatoms. The Labute approximate surface area is 153 Å². The van der Waals surface area contributed by atoms with Gasteiger partial charge in [-0.3, -0.25) is 4.79 Å². The van der Waals surface area contributed by atoms with Gasteiger partial charge in [-0.2, -0.15) is 9.41 Å². The molecule has 1 N–H and O–H groups in total. The highest BCUT2D eigenvalue weighted by Crippen LogP contribution is 2.21. The zero-order valence-electron chi connectivity index (χ0n) is 14.6. The van der Waals surface area contributed by atoms with E-state index in [0.29, 0.717) is 13.1 Å². The zero-order chi connectivity index (χ0) is 18.6. The molecule has 0 radical (unpaired) electrons. The monoisotopic (exact) mass is 371 g/mol. The van der Waals surface area contributed by atoms with Gasteiger partial charge in [-0.05, 0) is 43.5 Å². The molecule has 6 nitrogen and oxygen atoms in total. The topological polar surface area (TPSA) is 78.8 Å². The number of carbonyl (C=O) groups is 1. The van der Waals surface area contributed by atoms with Crippen LogP contribution in [-0.2, 0) is 10.0 Å². The number of benzene rings is 2. The van der Waals surface area contributed by atoms with Crippen molar-refractivity contribution in [2.24, 2.45) is 5.10 Å². The number of hydrogen-bond donors (Lipinski definition) is 1. The van der Waals surface area contributed by atoms with Crippen LogP contribution in [0.3, 0.4) is 0 Å². The molecule has 136 valence electrons. The van der Waals surface area contributed by atoms with Crippen molar-refractivity contribution in [1.82, 2.24) is 9.73 Å². The molecule has 0 aromatic heterocycles. The fourth-order valence-electron chi connectivity index (χ4n) is 2.86. The smallest absolute Gasteiger partial charge is 0.267 e. The van der Waals surface area contributed by atoms with E-state index in [2.05, 4.69) is 10.5 Å². The second kappa shape index (κ2) is 7.80. The van der Waals surface area contributed by atoms with E-state index in [1.54, 1.807) is 18.3 Å². The van der Waals surface area contributed by atoms with Crippen LogP contribution in [-0.4, -0.2) is 37.9 Å². The van der Waals surface area contributed by atoms with Crippen molar-refractivity contribution >= 4 is 22.1 Å². The van der Waals surface area contributed by atoms with Crippen LogP contribution in [0.5, 0.6) is 0 Å². The van der Waals surface area contributed by atoms with Gasteiger partial charge in [0, 0.05) is 18.7 Å². The van der Waals surface area contributed by atoms with Gasteiger partial charge in [0.25, 0.3) is 5.91 Å². The van der Waals surface area contributed by atoms with Crippen molar-refractivity contribution in [1.29, 1.82) is 0 Å². The second-order valence-corrected chi connectivity index (χ2v) is 8.19. The van der Waals surface area contributed by atoms with Crippen molar-refractivity contribution < 1.29 is 13.2 Å². The van der Waals surface area contributed by atoms with E-state index in [9.17, 15) is 13.2 Å². The first-order valence-corrected chi connectivity index (χ1v) is 9.91. The van der Waals surface area contributed by atoms with Crippen molar-refractivity contribution in [3.8, 4) is 0 Å². The lowest BCUT2D eigenvalue weighted by molar-refractivity contribution is 0.0955. The number of hydrazone groups is 1. The van der Waals surface area contributed by atoms with Crippen LogP contribution in [0.15, 0.2) is 58.5 Å². The number of aryl methyl sites for hydroxylation is 1. The van der Waals surface area contributed by atoms with Gasteiger partial charge in [0.2, 0.25) is 10.0 Å². The number of hydrogen-bond acceptors (Lipinski definition) is 4. The van der Waals surface area contributed by atoms with Crippen LogP contribution < -0.4 is 5.43 Å². The number of rotatable bonds is 5. The summed E-state index contributed by atoms with van der Waals surface area (Å²) in [5, 5.41) is 3.94. The normalized spacial score (nSPS) is 15.4.